The molecule has 0 aliphatic rings. The fourth-order valence-corrected chi connectivity index (χ4v) is 5.35. The molecule has 1 N–H and O–H groups in total. The Morgan fingerprint density at radius 2 is 1.55 bits per heavy atom. The van der Waals surface area contributed by atoms with Gasteiger partial charge in [0.1, 0.15) is 6.54 Å². The van der Waals surface area contributed by atoms with Crippen LogP contribution in [0.25, 0.3) is 0 Å². The predicted molar refractivity (Wildman–Crippen MR) is 150 cm³/mol. The molecule has 4 rings (SSSR count). The van der Waals surface area contributed by atoms with Gasteiger partial charge in [0, 0.05) is 5.02 Å². The smallest absolute Gasteiger partial charge is 0.264 e. The molecule has 0 spiro atoms. The van der Waals surface area contributed by atoms with Crippen molar-refractivity contribution in [3.05, 3.63) is 107 Å². The molecule has 0 radical (unpaired) electrons. The molecule has 0 heterocycles. The average Bonchev–Trinajstić information content (AvgIpc) is 2.89. The Balaban J connectivity index is 1.65. The van der Waals surface area contributed by atoms with Gasteiger partial charge >= 0.3 is 0 Å². The number of carbonyl (C=O) groups is 1. The molecule has 0 saturated heterocycles. The highest BCUT2D eigenvalue weighted by atomic mass is 35.5. The fourth-order valence-electron chi connectivity index (χ4n) is 3.77. The van der Waals surface area contributed by atoms with Gasteiger partial charge in [0.2, 0.25) is 5.91 Å². The van der Waals surface area contributed by atoms with Crippen molar-refractivity contribution < 1.29 is 22.7 Å². The molecule has 4 aromatic rings. The third-order valence-corrected chi connectivity index (χ3v) is 7.71. The molecule has 0 unspecified atom stereocenters. The SMILES string of the molecule is COc1ccccc1Oc1ccc(Cl)cc1NC(=O)CN(c1cccc(C)c1)S(=O)(=O)c1ccc(C)cc1. The van der Waals surface area contributed by atoms with Crippen LogP contribution >= 0.6 is 11.6 Å². The molecule has 0 aromatic heterocycles. The number of halogens is 1. The third-order valence-electron chi connectivity index (χ3n) is 5.69. The standard InChI is InChI=1S/C29H27ClN2O5S/c1-20-11-14-24(15-12-20)38(34,35)32(23-8-6-7-21(2)17-23)19-29(33)31-25-18-22(30)13-16-26(25)37-28-10-5-4-9-27(28)36-3/h4-18H,19H2,1-3H3,(H,31,33). The van der Waals surface area contributed by atoms with Crippen LogP contribution in [0.2, 0.25) is 5.02 Å². The van der Waals surface area contributed by atoms with Crippen LogP contribution in [0.1, 0.15) is 11.1 Å². The first-order chi connectivity index (χ1) is 18.2. The molecule has 0 saturated carbocycles. The van der Waals surface area contributed by atoms with Crippen molar-refractivity contribution in [1.82, 2.24) is 0 Å². The second-order valence-electron chi connectivity index (χ2n) is 8.61. The van der Waals surface area contributed by atoms with E-state index in [4.69, 9.17) is 21.1 Å². The van der Waals surface area contributed by atoms with Crippen molar-refractivity contribution >= 4 is 38.9 Å². The van der Waals surface area contributed by atoms with Crippen LogP contribution in [0, 0.1) is 13.8 Å². The van der Waals surface area contributed by atoms with E-state index in [0.717, 1.165) is 15.4 Å². The minimum Gasteiger partial charge on any atom is -0.493 e. The first kappa shape index (κ1) is 27.0. The summed E-state index contributed by atoms with van der Waals surface area (Å²) in [4.78, 5) is 13.4. The quantitative estimate of drug-likeness (QED) is 0.254. The number of carbonyl (C=O) groups excluding carboxylic acids is 1. The van der Waals surface area contributed by atoms with Crippen LogP contribution < -0.4 is 19.1 Å². The van der Waals surface area contributed by atoms with E-state index < -0.39 is 22.5 Å². The van der Waals surface area contributed by atoms with E-state index >= 15 is 0 Å². The summed E-state index contributed by atoms with van der Waals surface area (Å²) >= 11 is 6.21. The topological polar surface area (TPSA) is 84.9 Å². The number of anilines is 2. The lowest BCUT2D eigenvalue weighted by Gasteiger charge is -2.25. The van der Waals surface area contributed by atoms with Crippen LogP contribution in [-0.4, -0.2) is 28.0 Å². The predicted octanol–water partition coefficient (Wildman–Crippen LogP) is 6.59. The number of aryl methyl sites for hydroxylation is 2. The zero-order valence-electron chi connectivity index (χ0n) is 21.1. The van der Waals surface area contributed by atoms with Crippen LogP contribution in [-0.2, 0) is 14.8 Å². The maximum atomic E-state index is 13.7. The van der Waals surface area contributed by atoms with Crippen molar-refractivity contribution in [3.63, 3.8) is 0 Å². The molecule has 0 bridgehead atoms. The number of rotatable bonds is 9. The highest BCUT2D eigenvalue weighted by molar-refractivity contribution is 7.92. The minimum atomic E-state index is -4.05. The second kappa shape index (κ2) is 11.6. The lowest BCUT2D eigenvalue weighted by Crippen LogP contribution is -2.38. The van der Waals surface area contributed by atoms with Crippen molar-refractivity contribution in [2.24, 2.45) is 0 Å². The van der Waals surface area contributed by atoms with E-state index in [9.17, 15) is 13.2 Å². The molecule has 7 nitrogen and oxygen atoms in total. The second-order valence-corrected chi connectivity index (χ2v) is 10.9. The molecule has 196 valence electrons. The highest BCUT2D eigenvalue weighted by Gasteiger charge is 2.28. The number of hydrogen-bond donors (Lipinski definition) is 1. The third kappa shape index (κ3) is 6.27. The van der Waals surface area contributed by atoms with Crippen molar-refractivity contribution in [3.8, 4) is 17.2 Å². The Bertz CT molecular complexity index is 1560. The molecule has 0 aliphatic heterocycles. The van der Waals surface area contributed by atoms with Crippen molar-refractivity contribution in [2.75, 3.05) is 23.3 Å². The van der Waals surface area contributed by atoms with Gasteiger partial charge in [-0.15, -0.1) is 0 Å². The largest absolute Gasteiger partial charge is 0.493 e. The first-order valence-corrected chi connectivity index (χ1v) is 13.6. The van der Waals surface area contributed by atoms with E-state index in [1.165, 1.54) is 25.3 Å². The van der Waals surface area contributed by atoms with Crippen LogP contribution in [0.15, 0.2) is 95.9 Å². The summed E-state index contributed by atoms with van der Waals surface area (Å²) in [6.07, 6.45) is 0. The van der Waals surface area contributed by atoms with Crippen LogP contribution in [0.4, 0.5) is 11.4 Å². The van der Waals surface area contributed by atoms with Gasteiger partial charge in [-0.3, -0.25) is 9.10 Å². The molecule has 1 amide bonds. The Morgan fingerprint density at radius 3 is 2.24 bits per heavy atom. The van der Waals surface area contributed by atoms with Gasteiger partial charge in [-0.25, -0.2) is 8.42 Å². The van der Waals surface area contributed by atoms with Gasteiger partial charge in [-0.1, -0.05) is 53.6 Å². The fraction of sp³-hybridized carbons (Fsp3) is 0.138. The Morgan fingerprint density at radius 1 is 0.842 bits per heavy atom. The summed E-state index contributed by atoms with van der Waals surface area (Å²) in [6, 6.07) is 25.3. The minimum absolute atomic E-state index is 0.0837. The van der Waals surface area contributed by atoms with E-state index in [1.54, 1.807) is 60.7 Å². The number of benzene rings is 4. The molecule has 9 heteroatoms. The number of para-hydroxylation sites is 2. The number of amides is 1. The number of sulfonamides is 1. The number of hydrogen-bond acceptors (Lipinski definition) is 5. The summed E-state index contributed by atoms with van der Waals surface area (Å²) in [6.45, 7) is 3.26. The van der Waals surface area contributed by atoms with E-state index in [2.05, 4.69) is 5.32 Å². The van der Waals surface area contributed by atoms with E-state index in [-0.39, 0.29) is 10.6 Å². The first-order valence-electron chi connectivity index (χ1n) is 11.7. The lowest BCUT2D eigenvalue weighted by atomic mass is 10.2. The van der Waals surface area contributed by atoms with Crippen molar-refractivity contribution in [1.29, 1.82) is 0 Å². The molecule has 4 aromatic carbocycles. The summed E-state index contributed by atoms with van der Waals surface area (Å²) in [5.41, 5.74) is 2.43. The zero-order chi connectivity index (χ0) is 27.3. The summed E-state index contributed by atoms with van der Waals surface area (Å²) in [5.74, 6) is 0.691. The summed E-state index contributed by atoms with van der Waals surface area (Å²) < 4.78 is 39.8. The molecule has 0 atom stereocenters. The number of ether oxygens (including phenoxy) is 2. The monoisotopic (exact) mass is 550 g/mol. The average molecular weight is 551 g/mol. The Kier molecular flexibility index (Phi) is 8.24. The lowest BCUT2D eigenvalue weighted by molar-refractivity contribution is -0.114. The zero-order valence-corrected chi connectivity index (χ0v) is 22.7. The maximum absolute atomic E-state index is 13.7. The molecular weight excluding hydrogens is 524 g/mol. The Labute approximate surface area is 227 Å². The molecule has 0 aliphatic carbocycles. The van der Waals surface area contributed by atoms with Gasteiger partial charge in [0.15, 0.2) is 17.2 Å². The van der Waals surface area contributed by atoms with Gasteiger partial charge in [-0.05, 0) is 74.0 Å². The van der Waals surface area contributed by atoms with E-state index in [1.807, 2.05) is 26.0 Å². The summed E-state index contributed by atoms with van der Waals surface area (Å²) in [7, 11) is -2.52. The van der Waals surface area contributed by atoms with Gasteiger partial charge < -0.3 is 14.8 Å². The van der Waals surface area contributed by atoms with Crippen LogP contribution in [0.3, 0.4) is 0 Å². The molecule has 0 fully saturated rings. The molecule has 38 heavy (non-hydrogen) atoms. The number of methoxy groups -OCH3 is 1. The van der Waals surface area contributed by atoms with Crippen molar-refractivity contribution in [2.45, 2.75) is 18.7 Å². The summed E-state index contributed by atoms with van der Waals surface area (Å²) in [5, 5.41) is 3.13. The van der Waals surface area contributed by atoms with Gasteiger partial charge in [0.05, 0.1) is 23.4 Å². The van der Waals surface area contributed by atoms with Gasteiger partial charge in [-0.2, -0.15) is 0 Å². The molecular formula is C29H27ClN2O5S. The van der Waals surface area contributed by atoms with Gasteiger partial charge in [0.25, 0.3) is 10.0 Å². The number of nitrogens with zero attached hydrogens (tertiary/aromatic N) is 1. The van der Waals surface area contributed by atoms with Crippen LogP contribution in [0.5, 0.6) is 17.2 Å². The number of nitrogens with one attached hydrogen (secondary N) is 1. The normalized spacial score (nSPS) is 11.1. The van der Waals surface area contributed by atoms with E-state index in [0.29, 0.717) is 28.0 Å². The highest BCUT2D eigenvalue weighted by Crippen LogP contribution is 2.36. The Hall–Kier alpha value is -4.01. The maximum Gasteiger partial charge on any atom is 0.264 e.